The van der Waals surface area contributed by atoms with Crippen LogP contribution < -0.4 is 0 Å². The molecule has 0 aliphatic rings. The molecule has 0 nitrogen and oxygen atoms in total. The van der Waals surface area contributed by atoms with Gasteiger partial charge >= 0.3 is 0 Å². The normalized spacial score (nSPS) is 11.7. The molecule has 0 saturated heterocycles. The molecule has 0 aromatic heterocycles. The highest BCUT2D eigenvalue weighted by atomic mass is 14.1. The van der Waals surface area contributed by atoms with Gasteiger partial charge < -0.3 is 0 Å². The number of fused-ring (bicyclic) bond motifs is 1. The van der Waals surface area contributed by atoms with Gasteiger partial charge in [-0.25, -0.2) is 0 Å². The Morgan fingerprint density at radius 2 is 1.11 bits per heavy atom. The summed E-state index contributed by atoms with van der Waals surface area (Å²) in [4.78, 5) is 0. The summed E-state index contributed by atoms with van der Waals surface area (Å²) in [5, 5.41) is 2.75. The highest BCUT2D eigenvalue weighted by Gasteiger charge is 2.08. The third-order valence-electron chi connectivity index (χ3n) is 3.32. The molecular formula is C18H24. The Balaban J connectivity index is 2.48. The smallest absolute Gasteiger partial charge is 0.0181 e. The first-order valence-corrected chi connectivity index (χ1v) is 7.07. The second kappa shape index (κ2) is 5.56. The molecule has 0 amide bonds. The van der Waals surface area contributed by atoms with Gasteiger partial charge in [0.05, 0.1) is 0 Å². The Morgan fingerprint density at radius 3 is 1.44 bits per heavy atom. The molecule has 2 aromatic carbocycles. The van der Waals surface area contributed by atoms with Gasteiger partial charge in [-0.2, -0.15) is 0 Å². The van der Waals surface area contributed by atoms with Crippen LogP contribution in [0.1, 0.15) is 38.8 Å². The molecule has 2 aromatic rings. The first-order valence-electron chi connectivity index (χ1n) is 7.07. The van der Waals surface area contributed by atoms with E-state index in [9.17, 15) is 0 Å². The van der Waals surface area contributed by atoms with Crippen molar-refractivity contribution in [1.29, 1.82) is 0 Å². The fourth-order valence-electron chi connectivity index (χ4n) is 2.59. The van der Waals surface area contributed by atoms with Gasteiger partial charge in [0.2, 0.25) is 0 Å². The molecular weight excluding hydrogens is 216 g/mol. The van der Waals surface area contributed by atoms with Gasteiger partial charge in [0.1, 0.15) is 0 Å². The van der Waals surface area contributed by atoms with E-state index in [1.54, 1.807) is 0 Å². The topological polar surface area (TPSA) is 0 Å². The quantitative estimate of drug-likeness (QED) is 0.686. The maximum atomic E-state index is 2.40. The molecule has 0 spiro atoms. The summed E-state index contributed by atoms with van der Waals surface area (Å²) in [6, 6.07) is 13.5. The number of hydrogen-bond donors (Lipinski definition) is 0. The maximum absolute atomic E-state index is 2.40. The summed E-state index contributed by atoms with van der Waals surface area (Å²) >= 11 is 0. The van der Waals surface area contributed by atoms with E-state index in [1.807, 2.05) is 0 Å². The van der Waals surface area contributed by atoms with Crippen molar-refractivity contribution in [2.45, 2.75) is 40.5 Å². The van der Waals surface area contributed by atoms with Crippen molar-refractivity contribution in [3.05, 3.63) is 47.5 Å². The molecule has 2 rings (SSSR count). The summed E-state index contributed by atoms with van der Waals surface area (Å²) in [5.74, 6) is 1.44. The molecule has 0 bridgehead atoms. The van der Waals surface area contributed by atoms with Crippen LogP contribution >= 0.6 is 0 Å². The maximum Gasteiger partial charge on any atom is -0.0181 e. The van der Waals surface area contributed by atoms with Crippen LogP contribution in [-0.4, -0.2) is 0 Å². The van der Waals surface area contributed by atoms with Crippen LogP contribution in [0.4, 0.5) is 0 Å². The van der Waals surface area contributed by atoms with E-state index in [0.29, 0.717) is 0 Å². The summed E-state index contributed by atoms with van der Waals surface area (Å²) in [6.07, 6.45) is 2.37. The number of rotatable bonds is 4. The minimum atomic E-state index is 0.720. The average Bonchev–Trinajstić information content (AvgIpc) is 2.28. The predicted molar refractivity (Wildman–Crippen MR) is 81.0 cm³/mol. The van der Waals surface area contributed by atoms with Crippen molar-refractivity contribution in [2.24, 2.45) is 11.8 Å². The summed E-state index contributed by atoms with van der Waals surface area (Å²) in [7, 11) is 0. The van der Waals surface area contributed by atoms with E-state index in [4.69, 9.17) is 0 Å². The van der Waals surface area contributed by atoms with E-state index in [0.717, 1.165) is 11.8 Å². The van der Waals surface area contributed by atoms with Gasteiger partial charge in [0.25, 0.3) is 0 Å². The van der Waals surface area contributed by atoms with Crippen LogP contribution in [0.3, 0.4) is 0 Å². The molecule has 0 heteroatoms. The first kappa shape index (κ1) is 13.1. The zero-order valence-corrected chi connectivity index (χ0v) is 12.0. The largest absolute Gasteiger partial charge is 0.0625 e. The standard InChI is InChI=1S/C18H24/c1-13(2)9-17-11-15-7-5-6-8-16(15)12-18(17)10-14(3)4/h5-8,11-14H,9-10H2,1-4H3. The summed E-state index contributed by atoms with van der Waals surface area (Å²) < 4.78 is 0. The second-order valence-electron chi connectivity index (χ2n) is 6.16. The van der Waals surface area contributed by atoms with Crippen LogP contribution in [0.5, 0.6) is 0 Å². The zero-order chi connectivity index (χ0) is 13.1. The van der Waals surface area contributed by atoms with E-state index >= 15 is 0 Å². The predicted octanol–water partition coefficient (Wildman–Crippen LogP) is 5.24. The van der Waals surface area contributed by atoms with Gasteiger partial charge in [0.15, 0.2) is 0 Å². The molecule has 0 radical (unpaired) electrons. The Bertz CT molecular complexity index is 472. The van der Waals surface area contributed by atoms with Gasteiger partial charge in [0, 0.05) is 0 Å². The van der Waals surface area contributed by atoms with Crippen molar-refractivity contribution in [2.75, 3.05) is 0 Å². The summed E-state index contributed by atoms with van der Waals surface area (Å²) in [6.45, 7) is 9.20. The van der Waals surface area contributed by atoms with Crippen molar-refractivity contribution in [1.82, 2.24) is 0 Å². The van der Waals surface area contributed by atoms with Crippen molar-refractivity contribution in [3.8, 4) is 0 Å². The minimum Gasteiger partial charge on any atom is -0.0625 e. The Labute approximate surface area is 111 Å². The monoisotopic (exact) mass is 240 g/mol. The Kier molecular flexibility index (Phi) is 4.06. The average molecular weight is 240 g/mol. The number of hydrogen-bond acceptors (Lipinski definition) is 0. The third-order valence-corrected chi connectivity index (χ3v) is 3.32. The van der Waals surface area contributed by atoms with Gasteiger partial charge in [-0.05, 0) is 46.6 Å². The fraction of sp³-hybridized carbons (Fsp3) is 0.444. The lowest BCUT2D eigenvalue weighted by Crippen LogP contribution is -2.03. The summed E-state index contributed by atoms with van der Waals surface area (Å²) in [5.41, 5.74) is 3.08. The molecule has 0 saturated carbocycles. The molecule has 0 aliphatic carbocycles. The molecule has 18 heavy (non-hydrogen) atoms. The van der Waals surface area contributed by atoms with E-state index in [2.05, 4.69) is 64.1 Å². The van der Waals surface area contributed by atoms with E-state index in [-0.39, 0.29) is 0 Å². The Hall–Kier alpha value is -1.30. The minimum absolute atomic E-state index is 0.720. The molecule has 0 N–H and O–H groups in total. The first-order chi connectivity index (χ1) is 8.56. The molecule has 0 aliphatic heterocycles. The van der Waals surface area contributed by atoms with Crippen LogP contribution in [-0.2, 0) is 12.8 Å². The second-order valence-corrected chi connectivity index (χ2v) is 6.16. The van der Waals surface area contributed by atoms with Crippen LogP contribution in [0.2, 0.25) is 0 Å². The lowest BCUT2D eigenvalue weighted by Gasteiger charge is -2.15. The molecule has 0 heterocycles. The Morgan fingerprint density at radius 1 is 0.722 bits per heavy atom. The van der Waals surface area contributed by atoms with Gasteiger partial charge in [-0.3, -0.25) is 0 Å². The van der Waals surface area contributed by atoms with E-state index in [1.165, 1.54) is 34.7 Å². The van der Waals surface area contributed by atoms with Crippen LogP contribution in [0, 0.1) is 11.8 Å². The zero-order valence-electron chi connectivity index (χ0n) is 12.0. The highest BCUT2D eigenvalue weighted by molar-refractivity contribution is 5.84. The molecule has 0 atom stereocenters. The van der Waals surface area contributed by atoms with Gasteiger partial charge in [-0.1, -0.05) is 64.1 Å². The van der Waals surface area contributed by atoms with Crippen molar-refractivity contribution >= 4 is 10.8 Å². The lowest BCUT2D eigenvalue weighted by molar-refractivity contribution is 0.616. The number of benzene rings is 2. The molecule has 96 valence electrons. The van der Waals surface area contributed by atoms with Crippen LogP contribution in [0.15, 0.2) is 36.4 Å². The highest BCUT2D eigenvalue weighted by Crippen LogP contribution is 2.24. The third kappa shape index (κ3) is 3.13. The van der Waals surface area contributed by atoms with Crippen LogP contribution in [0.25, 0.3) is 10.8 Å². The fourth-order valence-corrected chi connectivity index (χ4v) is 2.59. The molecule has 0 fully saturated rings. The van der Waals surface area contributed by atoms with E-state index < -0.39 is 0 Å². The van der Waals surface area contributed by atoms with Crippen molar-refractivity contribution in [3.63, 3.8) is 0 Å². The molecule has 0 unspecified atom stereocenters. The SMILES string of the molecule is CC(C)Cc1cc2ccccc2cc1CC(C)C. The lowest BCUT2D eigenvalue weighted by atomic mass is 9.90. The van der Waals surface area contributed by atoms with Crippen molar-refractivity contribution < 1.29 is 0 Å². The van der Waals surface area contributed by atoms with Gasteiger partial charge in [-0.15, -0.1) is 0 Å².